The topological polar surface area (TPSA) is 27.0 Å². The normalized spacial score (nSPS) is 14.2. The highest BCUT2D eigenvalue weighted by molar-refractivity contribution is 8.76. The molecule has 0 bridgehead atoms. The number of nitrogens with two attached hydrogens (primary N) is 1. The van der Waals surface area contributed by atoms with Crippen LogP contribution in [0.4, 0.5) is 11.4 Å². The van der Waals surface area contributed by atoms with Crippen molar-refractivity contribution >= 4 is 62.1 Å². The summed E-state index contributed by atoms with van der Waals surface area (Å²) in [5.74, 6) is 2.17. The van der Waals surface area contributed by atoms with Gasteiger partial charge in [0.05, 0.1) is 18.6 Å². The zero-order chi connectivity index (χ0) is 33.6. The van der Waals surface area contributed by atoms with Crippen LogP contribution in [0.25, 0.3) is 29.1 Å². The van der Waals surface area contributed by atoms with Crippen molar-refractivity contribution in [3.8, 4) is 0 Å². The lowest BCUT2D eigenvalue weighted by Crippen LogP contribution is -2.72. The molecule has 5 rings (SSSR count). The van der Waals surface area contributed by atoms with E-state index in [1.165, 1.54) is 50.1 Å². The van der Waals surface area contributed by atoms with Gasteiger partial charge in [-0.3, -0.25) is 0 Å². The predicted octanol–water partition coefficient (Wildman–Crippen LogP) is 8.32. The number of pyridine rings is 1. The third-order valence-electron chi connectivity index (χ3n) is 8.48. The number of nitrogens with zero attached hydrogens (tertiary/aromatic N) is 3. The predicted molar refractivity (Wildman–Crippen MR) is 214 cm³/mol. The largest absolute Gasteiger partial charge is 0.374 e. The second-order valence-corrected chi connectivity index (χ2v) is 14.6. The number of aryl methyl sites for hydroxylation is 1. The second kappa shape index (κ2) is 18.3. The molecule has 1 aromatic heterocycles. The van der Waals surface area contributed by atoms with E-state index in [1.54, 1.807) is 0 Å². The lowest BCUT2D eigenvalue weighted by Gasteiger charge is -2.20. The van der Waals surface area contributed by atoms with Crippen molar-refractivity contribution in [3.63, 3.8) is 0 Å². The zero-order valence-electron chi connectivity index (χ0n) is 28.6. The fourth-order valence-electron chi connectivity index (χ4n) is 5.51. The summed E-state index contributed by atoms with van der Waals surface area (Å²) >= 11 is 0. The highest BCUT2D eigenvalue weighted by Crippen LogP contribution is 2.25. The molecule has 48 heavy (non-hydrogen) atoms. The zero-order valence-corrected chi connectivity index (χ0v) is 30.3. The SMILES string of the molecule is C[NH2+]\C=C/C(/C=C/c1ccc(N(C)CCSSCCN(C)c2ccc(/C=C/c3cc[n+](C)c4ccccc34)cc2)cc1)=C1/C=CC=CC1. The number of hydrogen-bond acceptors (Lipinski definition) is 4. The molecular weight excluding hydrogens is 625 g/mol. The smallest absolute Gasteiger partial charge is 0.212 e. The van der Waals surface area contributed by atoms with Gasteiger partial charge in [-0.25, -0.2) is 4.57 Å². The van der Waals surface area contributed by atoms with Gasteiger partial charge in [-0.05, 0) is 70.7 Å². The molecule has 0 radical (unpaired) electrons. The van der Waals surface area contributed by atoms with Crippen molar-refractivity contribution in [3.05, 3.63) is 156 Å². The second-order valence-electron chi connectivity index (χ2n) is 11.9. The van der Waals surface area contributed by atoms with E-state index in [0.29, 0.717) is 0 Å². The Balaban J connectivity index is 1.02. The number of benzene rings is 3. The van der Waals surface area contributed by atoms with Crippen LogP contribution < -0.4 is 19.7 Å². The Morgan fingerprint density at radius 1 is 0.771 bits per heavy atom. The molecule has 0 amide bonds. The molecule has 4 nitrogen and oxygen atoms in total. The molecule has 2 N–H and O–H groups in total. The fraction of sp³-hybridized carbons (Fsp3) is 0.214. The van der Waals surface area contributed by atoms with Gasteiger partial charge in [0.2, 0.25) is 5.52 Å². The van der Waals surface area contributed by atoms with Crippen molar-refractivity contribution in [1.29, 1.82) is 0 Å². The van der Waals surface area contributed by atoms with E-state index in [1.807, 2.05) is 21.6 Å². The van der Waals surface area contributed by atoms with Gasteiger partial charge in [-0.1, -0.05) is 107 Å². The summed E-state index contributed by atoms with van der Waals surface area (Å²) in [7, 11) is 12.4. The first kappa shape index (κ1) is 35.1. The Bertz CT molecular complexity index is 1820. The minimum Gasteiger partial charge on any atom is -0.374 e. The van der Waals surface area contributed by atoms with Crippen LogP contribution in [0.2, 0.25) is 0 Å². The molecular formula is C42H48N4S2+2. The molecule has 1 aliphatic rings. The fourth-order valence-corrected chi connectivity index (χ4v) is 7.59. The molecule has 0 spiro atoms. The molecule has 0 aliphatic heterocycles. The van der Waals surface area contributed by atoms with Gasteiger partial charge in [0.25, 0.3) is 0 Å². The van der Waals surface area contributed by atoms with Crippen molar-refractivity contribution in [2.45, 2.75) is 6.42 Å². The Morgan fingerprint density at radius 2 is 1.42 bits per heavy atom. The molecule has 4 aromatic rings. The number of anilines is 2. The highest BCUT2D eigenvalue weighted by atomic mass is 33.1. The quantitative estimate of drug-likeness (QED) is 0.0781. The minimum atomic E-state index is 0.973. The van der Waals surface area contributed by atoms with Crippen molar-refractivity contribution < 1.29 is 9.88 Å². The van der Waals surface area contributed by atoms with Gasteiger partial charge in [0, 0.05) is 62.2 Å². The molecule has 6 heteroatoms. The van der Waals surface area contributed by atoms with Gasteiger partial charge in [-0.2, -0.15) is 0 Å². The Hall–Kier alpha value is -4.23. The first-order chi connectivity index (χ1) is 23.5. The third kappa shape index (κ3) is 10.1. The summed E-state index contributed by atoms with van der Waals surface area (Å²) in [5.41, 5.74) is 9.99. The van der Waals surface area contributed by atoms with Crippen LogP contribution >= 0.6 is 21.6 Å². The van der Waals surface area contributed by atoms with Crippen molar-refractivity contribution in [2.75, 3.05) is 55.5 Å². The molecule has 0 fully saturated rings. The van der Waals surface area contributed by atoms with E-state index in [-0.39, 0.29) is 0 Å². The van der Waals surface area contributed by atoms with E-state index in [0.717, 1.165) is 31.0 Å². The Kier molecular flexibility index (Phi) is 13.4. The molecule has 0 saturated heterocycles. The van der Waals surface area contributed by atoms with Crippen molar-refractivity contribution in [2.24, 2.45) is 7.05 Å². The van der Waals surface area contributed by atoms with Gasteiger partial charge in [0.15, 0.2) is 6.20 Å². The average Bonchev–Trinajstić information content (AvgIpc) is 3.13. The molecule has 3 aromatic carbocycles. The van der Waals surface area contributed by atoms with Crippen LogP contribution in [0.3, 0.4) is 0 Å². The summed E-state index contributed by atoms with van der Waals surface area (Å²) in [4.78, 5) is 4.69. The van der Waals surface area contributed by atoms with E-state index < -0.39 is 0 Å². The highest BCUT2D eigenvalue weighted by Gasteiger charge is 2.07. The standard InChI is InChI=1S/C42H47N4S2/c1-43-28-26-37(36-10-6-5-7-11-36)20-14-34-16-22-39(23-17-34)44(2)30-32-47-48-33-31-45(3)40-24-18-35(19-25-40)15-21-38-27-29-46(4)42-13-9-8-12-41(38)42/h5-10,12-29,43H,11,30-33H2,1-4H3/q+1/p+1/b20-14+,28-26-,37-36-. The lowest BCUT2D eigenvalue weighted by atomic mass is 10.00. The number of fused-ring (bicyclic) bond motifs is 1. The Morgan fingerprint density at radius 3 is 2.04 bits per heavy atom. The lowest BCUT2D eigenvalue weighted by molar-refractivity contribution is -0.644. The van der Waals surface area contributed by atoms with E-state index >= 15 is 0 Å². The van der Waals surface area contributed by atoms with Crippen LogP contribution in [0.5, 0.6) is 0 Å². The maximum Gasteiger partial charge on any atom is 0.212 e. The summed E-state index contributed by atoms with van der Waals surface area (Å²) < 4.78 is 2.17. The maximum atomic E-state index is 2.34. The van der Waals surface area contributed by atoms with E-state index in [2.05, 4.69) is 194 Å². The first-order valence-electron chi connectivity index (χ1n) is 16.6. The number of allylic oxidation sites excluding steroid dienone is 8. The Labute approximate surface area is 295 Å². The molecule has 1 heterocycles. The maximum absolute atomic E-state index is 2.34. The molecule has 246 valence electrons. The van der Waals surface area contributed by atoms with Crippen LogP contribution in [0, 0.1) is 0 Å². The number of aromatic nitrogens is 1. The van der Waals surface area contributed by atoms with Crippen LogP contribution in [-0.2, 0) is 7.05 Å². The van der Waals surface area contributed by atoms with Gasteiger partial charge >= 0.3 is 0 Å². The number of para-hydroxylation sites is 1. The summed E-state index contributed by atoms with van der Waals surface area (Å²) in [6.45, 7) is 2.03. The molecule has 1 aliphatic carbocycles. The van der Waals surface area contributed by atoms with E-state index in [9.17, 15) is 0 Å². The summed E-state index contributed by atoms with van der Waals surface area (Å²) in [5, 5.41) is 3.34. The summed E-state index contributed by atoms with van der Waals surface area (Å²) in [6, 6.07) is 28.5. The van der Waals surface area contributed by atoms with Crippen molar-refractivity contribution in [1.82, 2.24) is 0 Å². The van der Waals surface area contributed by atoms with Gasteiger partial charge in [0.1, 0.15) is 7.05 Å². The van der Waals surface area contributed by atoms with Gasteiger partial charge < -0.3 is 15.1 Å². The van der Waals surface area contributed by atoms with Crippen LogP contribution in [0.15, 0.2) is 139 Å². The van der Waals surface area contributed by atoms with E-state index in [4.69, 9.17) is 0 Å². The summed E-state index contributed by atoms with van der Waals surface area (Å²) in [6.07, 6.45) is 24.9. The van der Waals surface area contributed by atoms with Crippen LogP contribution in [0.1, 0.15) is 23.1 Å². The first-order valence-corrected chi connectivity index (χ1v) is 19.1. The third-order valence-corrected chi connectivity index (χ3v) is 10.8. The number of rotatable bonds is 15. The monoisotopic (exact) mass is 672 g/mol. The molecule has 0 saturated carbocycles. The average molecular weight is 673 g/mol. The van der Waals surface area contributed by atoms with Gasteiger partial charge in [-0.15, -0.1) is 0 Å². The minimum absolute atomic E-state index is 0.973. The number of hydrogen-bond donors (Lipinski definition) is 1. The number of quaternary nitrogens is 1. The molecule has 0 atom stereocenters. The van der Waals surface area contributed by atoms with Crippen LogP contribution in [-0.4, -0.2) is 45.7 Å². The molecule has 0 unspecified atom stereocenters.